The number of carbonyl (C=O) groups excluding carboxylic acids is 1. The largest absolute Gasteiger partial charge is 0.347 e. The van der Waals surface area contributed by atoms with E-state index in [0.29, 0.717) is 12.2 Å². The molecule has 1 aromatic carbocycles. The maximum absolute atomic E-state index is 11.8. The van der Waals surface area contributed by atoms with Gasteiger partial charge in [-0.25, -0.2) is 4.98 Å². The SMILES string of the molecule is CN(C)Cc1ccc(CNC(=O)c2cnccn2)cc1. The van der Waals surface area contributed by atoms with Gasteiger partial charge in [-0.1, -0.05) is 24.3 Å². The van der Waals surface area contributed by atoms with Gasteiger partial charge in [-0.05, 0) is 25.2 Å². The molecule has 0 aliphatic heterocycles. The van der Waals surface area contributed by atoms with Crippen molar-refractivity contribution in [3.63, 3.8) is 0 Å². The first kappa shape index (κ1) is 14.1. The number of hydrogen-bond acceptors (Lipinski definition) is 4. The summed E-state index contributed by atoms with van der Waals surface area (Å²) in [6, 6.07) is 8.19. The van der Waals surface area contributed by atoms with E-state index in [-0.39, 0.29) is 5.91 Å². The maximum Gasteiger partial charge on any atom is 0.271 e. The predicted molar refractivity (Wildman–Crippen MR) is 77.0 cm³/mol. The van der Waals surface area contributed by atoms with Crippen LogP contribution in [0, 0.1) is 0 Å². The number of aromatic nitrogens is 2. The molecule has 2 rings (SSSR count). The Labute approximate surface area is 118 Å². The second kappa shape index (κ2) is 6.77. The fourth-order valence-electron chi connectivity index (χ4n) is 1.82. The van der Waals surface area contributed by atoms with Crippen LogP contribution >= 0.6 is 0 Å². The number of amides is 1. The summed E-state index contributed by atoms with van der Waals surface area (Å²) in [6.45, 7) is 1.39. The van der Waals surface area contributed by atoms with Gasteiger partial charge in [-0.15, -0.1) is 0 Å². The number of rotatable bonds is 5. The molecule has 1 amide bonds. The third-order valence-electron chi connectivity index (χ3n) is 2.77. The minimum atomic E-state index is -0.213. The van der Waals surface area contributed by atoms with Crippen molar-refractivity contribution in [1.29, 1.82) is 0 Å². The van der Waals surface area contributed by atoms with E-state index in [1.807, 2.05) is 26.2 Å². The van der Waals surface area contributed by atoms with Crippen molar-refractivity contribution in [3.8, 4) is 0 Å². The summed E-state index contributed by atoms with van der Waals surface area (Å²) in [5.74, 6) is -0.213. The molecule has 0 saturated carbocycles. The van der Waals surface area contributed by atoms with Crippen LogP contribution in [0.4, 0.5) is 0 Å². The summed E-state index contributed by atoms with van der Waals surface area (Å²) in [5.41, 5.74) is 2.64. The van der Waals surface area contributed by atoms with Crippen molar-refractivity contribution in [2.45, 2.75) is 13.1 Å². The van der Waals surface area contributed by atoms with Gasteiger partial charge in [0, 0.05) is 25.5 Å². The average Bonchev–Trinajstić information content (AvgIpc) is 2.46. The van der Waals surface area contributed by atoms with Gasteiger partial charge >= 0.3 is 0 Å². The summed E-state index contributed by atoms with van der Waals surface area (Å²) in [6.07, 6.45) is 4.50. The zero-order valence-electron chi connectivity index (χ0n) is 11.7. The minimum absolute atomic E-state index is 0.213. The second-order valence-corrected chi connectivity index (χ2v) is 4.83. The highest BCUT2D eigenvalue weighted by molar-refractivity contribution is 5.91. The van der Waals surface area contributed by atoms with Crippen LogP contribution in [0.2, 0.25) is 0 Å². The molecule has 0 unspecified atom stereocenters. The molecule has 1 heterocycles. The van der Waals surface area contributed by atoms with Crippen molar-refractivity contribution in [3.05, 3.63) is 59.7 Å². The summed E-state index contributed by atoms with van der Waals surface area (Å²) >= 11 is 0. The number of benzene rings is 1. The van der Waals surface area contributed by atoms with Crippen molar-refractivity contribution in [2.75, 3.05) is 14.1 Å². The van der Waals surface area contributed by atoms with Gasteiger partial charge in [0.2, 0.25) is 0 Å². The van der Waals surface area contributed by atoms with Crippen molar-refractivity contribution >= 4 is 5.91 Å². The molecule has 0 spiro atoms. The lowest BCUT2D eigenvalue weighted by molar-refractivity contribution is 0.0945. The summed E-state index contributed by atoms with van der Waals surface area (Å²) in [7, 11) is 4.07. The van der Waals surface area contributed by atoms with Crippen LogP contribution in [0.1, 0.15) is 21.6 Å². The van der Waals surface area contributed by atoms with Crippen LogP contribution in [-0.2, 0) is 13.1 Å². The molecule has 1 N–H and O–H groups in total. The molecule has 20 heavy (non-hydrogen) atoms. The third kappa shape index (κ3) is 4.13. The summed E-state index contributed by atoms with van der Waals surface area (Å²) in [4.78, 5) is 21.8. The fourth-order valence-corrected chi connectivity index (χ4v) is 1.82. The summed E-state index contributed by atoms with van der Waals surface area (Å²) < 4.78 is 0. The number of hydrogen-bond donors (Lipinski definition) is 1. The smallest absolute Gasteiger partial charge is 0.271 e. The predicted octanol–water partition coefficient (Wildman–Crippen LogP) is 1.47. The van der Waals surface area contributed by atoms with Gasteiger partial charge in [0.15, 0.2) is 0 Å². The van der Waals surface area contributed by atoms with Gasteiger partial charge in [-0.3, -0.25) is 9.78 Å². The highest BCUT2D eigenvalue weighted by Crippen LogP contribution is 2.06. The lowest BCUT2D eigenvalue weighted by Crippen LogP contribution is -2.23. The van der Waals surface area contributed by atoms with Crippen LogP contribution in [0.5, 0.6) is 0 Å². The van der Waals surface area contributed by atoms with Crippen LogP contribution < -0.4 is 5.32 Å². The van der Waals surface area contributed by atoms with Crippen LogP contribution in [-0.4, -0.2) is 34.9 Å². The average molecular weight is 270 g/mol. The highest BCUT2D eigenvalue weighted by Gasteiger charge is 2.06. The van der Waals surface area contributed by atoms with Crippen molar-refractivity contribution < 1.29 is 4.79 Å². The lowest BCUT2D eigenvalue weighted by atomic mass is 10.1. The molecule has 0 aliphatic carbocycles. The van der Waals surface area contributed by atoms with E-state index >= 15 is 0 Å². The summed E-state index contributed by atoms with van der Waals surface area (Å²) in [5, 5.41) is 2.82. The Balaban J connectivity index is 1.89. The molecule has 0 aliphatic rings. The number of carbonyl (C=O) groups is 1. The molecular formula is C15H18N4O. The molecule has 0 saturated heterocycles. The highest BCUT2D eigenvalue weighted by atomic mass is 16.1. The first-order valence-electron chi connectivity index (χ1n) is 6.42. The van der Waals surface area contributed by atoms with Gasteiger partial charge in [0.1, 0.15) is 5.69 Å². The van der Waals surface area contributed by atoms with E-state index in [4.69, 9.17) is 0 Å². The normalized spacial score (nSPS) is 10.6. The van der Waals surface area contributed by atoms with E-state index in [0.717, 1.165) is 12.1 Å². The Kier molecular flexibility index (Phi) is 4.79. The molecule has 5 heteroatoms. The van der Waals surface area contributed by atoms with E-state index < -0.39 is 0 Å². The number of nitrogens with one attached hydrogen (secondary N) is 1. The topological polar surface area (TPSA) is 58.1 Å². The first-order valence-corrected chi connectivity index (χ1v) is 6.42. The molecule has 1 aromatic heterocycles. The lowest BCUT2D eigenvalue weighted by Gasteiger charge is -2.10. The van der Waals surface area contributed by atoms with Crippen LogP contribution in [0.25, 0.3) is 0 Å². The van der Waals surface area contributed by atoms with Crippen molar-refractivity contribution in [1.82, 2.24) is 20.2 Å². The Morgan fingerprint density at radius 3 is 2.45 bits per heavy atom. The molecule has 5 nitrogen and oxygen atoms in total. The van der Waals surface area contributed by atoms with Crippen LogP contribution in [0.3, 0.4) is 0 Å². The Hall–Kier alpha value is -2.27. The Morgan fingerprint density at radius 1 is 1.15 bits per heavy atom. The maximum atomic E-state index is 11.8. The minimum Gasteiger partial charge on any atom is -0.347 e. The molecule has 2 aromatic rings. The molecule has 0 fully saturated rings. The molecular weight excluding hydrogens is 252 g/mol. The molecule has 0 bridgehead atoms. The van der Waals surface area contributed by atoms with Gasteiger partial charge < -0.3 is 10.2 Å². The second-order valence-electron chi connectivity index (χ2n) is 4.83. The third-order valence-corrected chi connectivity index (χ3v) is 2.77. The van der Waals surface area contributed by atoms with E-state index in [2.05, 4.69) is 32.3 Å². The fraction of sp³-hybridized carbons (Fsp3) is 0.267. The van der Waals surface area contributed by atoms with E-state index in [1.54, 1.807) is 6.20 Å². The van der Waals surface area contributed by atoms with Gasteiger partial charge in [0.05, 0.1) is 6.20 Å². The standard InChI is InChI=1S/C15H18N4O/c1-19(2)11-13-5-3-12(4-6-13)9-18-15(20)14-10-16-7-8-17-14/h3-8,10H,9,11H2,1-2H3,(H,18,20). The number of nitrogens with zero attached hydrogens (tertiary/aromatic N) is 3. The Bertz CT molecular complexity index is 552. The van der Waals surface area contributed by atoms with E-state index in [1.165, 1.54) is 18.0 Å². The molecule has 0 radical (unpaired) electrons. The molecule has 104 valence electrons. The van der Waals surface area contributed by atoms with Gasteiger partial charge in [0.25, 0.3) is 5.91 Å². The van der Waals surface area contributed by atoms with Crippen molar-refractivity contribution in [2.24, 2.45) is 0 Å². The zero-order valence-corrected chi connectivity index (χ0v) is 11.7. The first-order chi connectivity index (χ1) is 9.65. The molecule has 0 atom stereocenters. The van der Waals surface area contributed by atoms with Crippen LogP contribution in [0.15, 0.2) is 42.9 Å². The van der Waals surface area contributed by atoms with Gasteiger partial charge in [-0.2, -0.15) is 0 Å². The van der Waals surface area contributed by atoms with E-state index in [9.17, 15) is 4.79 Å². The monoisotopic (exact) mass is 270 g/mol. The zero-order chi connectivity index (χ0) is 14.4. The Morgan fingerprint density at radius 2 is 1.85 bits per heavy atom. The quantitative estimate of drug-likeness (QED) is 0.894.